The molecule has 1 amide bonds. The monoisotopic (exact) mass is 446 g/mol. The van der Waals surface area contributed by atoms with Crippen LogP contribution in [0.15, 0.2) is 54.7 Å². The summed E-state index contributed by atoms with van der Waals surface area (Å²) in [4.78, 5) is 17.3. The fourth-order valence-electron chi connectivity index (χ4n) is 5.24. The highest BCUT2D eigenvalue weighted by Gasteiger charge is 2.25. The molecule has 0 spiro atoms. The highest BCUT2D eigenvalue weighted by atomic mass is 16.5. The van der Waals surface area contributed by atoms with Gasteiger partial charge in [0.1, 0.15) is 5.75 Å². The van der Waals surface area contributed by atoms with Crippen molar-refractivity contribution < 1.29 is 9.53 Å². The summed E-state index contributed by atoms with van der Waals surface area (Å²) < 4.78 is 8.40. The molecule has 2 saturated heterocycles. The normalized spacial score (nSPS) is 17.6. The van der Waals surface area contributed by atoms with Crippen LogP contribution in [-0.2, 0) is 0 Å². The van der Waals surface area contributed by atoms with Crippen LogP contribution in [0.2, 0.25) is 0 Å². The molecule has 6 heteroatoms. The standard InChI is InChI=1S/C27H34N4O2/c28-23-6-3-5-22(19-23)27(32)30-15-10-24(11-16-30)31-17-9-21-20-25(7-8-26(21)31)33-18-4-14-29-12-1-2-13-29/h3,5-9,17,19-20,24H,1-2,4,10-16,18,28H2. The zero-order valence-corrected chi connectivity index (χ0v) is 19.3. The molecular weight excluding hydrogens is 412 g/mol. The Morgan fingerprint density at radius 3 is 2.61 bits per heavy atom. The number of piperidine rings is 1. The summed E-state index contributed by atoms with van der Waals surface area (Å²) in [6.07, 6.45) is 7.84. The summed E-state index contributed by atoms with van der Waals surface area (Å²) in [5.74, 6) is 1.02. The zero-order valence-electron chi connectivity index (χ0n) is 19.3. The molecule has 0 radical (unpaired) electrons. The summed E-state index contributed by atoms with van der Waals surface area (Å²) in [6.45, 7) is 5.91. The van der Waals surface area contributed by atoms with E-state index in [1.54, 1.807) is 6.07 Å². The first-order chi connectivity index (χ1) is 16.2. The number of nitrogens with two attached hydrogens (primary N) is 1. The van der Waals surface area contributed by atoms with Crippen molar-refractivity contribution in [1.29, 1.82) is 0 Å². The number of ether oxygens (including phenoxy) is 1. The van der Waals surface area contributed by atoms with Gasteiger partial charge in [-0.1, -0.05) is 6.07 Å². The van der Waals surface area contributed by atoms with E-state index in [0.29, 0.717) is 17.3 Å². The van der Waals surface area contributed by atoms with E-state index in [1.807, 2.05) is 23.1 Å². The van der Waals surface area contributed by atoms with Gasteiger partial charge in [0, 0.05) is 54.0 Å². The van der Waals surface area contributed by atoms with Crippen LogP contribution in [0.25, 0.3) is 10.9 Å². The molecule has 0 bridgehead atoms. The molecule has 2 aliphatic heterocycles. The Kier molecular flexibility index (Phi) is 6.53. The number of fused-ring (bicyclic) bond motifs is 1. The van der Waals surface area contributed by atoms with Crippen LogP contribution in [0.4, 0.5) is 5.69 Å². The van der Waals surface area contributed by atoms with Crippen molar-refractivity contribution in [2.24, 2.45) is 0 Å². The average Bonchev–Trinajstić information content (AvgIpc) is 3.51. The third-order valence-corrected chi connectivity index (χ3v) is 7.06. The molecule has 0 saturated carbocycles. The second-order valence-electron chi connectivity index (χ2n) is 9.34. The first-order valence-electron chi connectivity index (χ1n) is 12.3. The molecule has 2 fully saturated rings. The SMILES string of the molecule is Nc1cccc(C(=O)N2CCC(n3ccc4cc(OCCCN5CCCC5)ccc43)CC2)c1. The molecule has 5 rings (SSSR count). The zero-order chi connectivity index (χ0) is 22.6. The molecular formula is C27H34N4O2. The predicted molar refractivity (Wildman–Crippen MR) is 133 cm³/mol. The minimum atomic E-state index is 0.0737. The fourth-order valence-corrected chi connectivity index (χ4v) is 5.24. The Hall–Kier alpha value is -2.99. The lowest BCUT2D eigenvalue weighted by molar-refractivity contribution is 0.0696. The molecule has 0 aliphatic carbocycles. The van der Waals surface area contributed by atoms with Crippen molar-refractivity contribution in [3.05, 3.63) is 60.3 Å². The van der Waals surface area contributed by atoms with Crippen LogP contribution in [0.3, 0.4) is 0 Å². The first-order valence-corrected chi connectivity index (χ1v) is 12.3. The first kappa shape index (κ1) is 21.8. The quantitative estimate of drug-likeness (QED) is 0.427. The predicted octanol–water partition coefficient (Wildman–Crippen LogP) is 4.57. The van der Waals surface area contributed by atoms with Gasteiger partial charge >= 0.3 is 0 Å². The highest BCUT2D eigenvalue weighted by Crippen LogP contribution is 2.30. The van der Waals surface area contributed by atoms with Gasteiger partial charge in [-0.2, -0.15) is 0 Å². The summed E-state index contributed by atoms with van der Waals surface area (Å²) in [6, 6.07) is 16.3. The Morgan fingerprint density at radius 2 is 1.82 bits per heavy atom. The second kappa shape index (κ2) is 9.87. The van der Waals surface area contributed by atoms with E-state index in [-0.39, 0.29) is 5.91 Å². The molecule has 0 unspecified atom stereocenters. The van der Waals surface area contributed by atoms with Gasteiger partial charge in [0.2, 0.25) is 0 Å². The number of benzene rings is 2. The van der Waals surface area contributed by atoms with Crippen LogP contribution in [0, 0.1) is 0 Å². The van der Waals surface area contributed by atoms with Gasteiger partial charge in [-0.25, -0.2) is 0 Å². The van der Waals surface area contributed by atoms with Gasteiger partial charge in [-0.15, -0.1) is 0 Å². The third-order valence-electron chi connectivity index (χ3n) is 7.06. The van der Waals surface area contributed by atoms with Crippen molar-refractivity contribution in [1.82, 2.24) is 14.4 Å². The number of hydrogen-bond acceptors (Lipinski definition) is 4. The van der Waals surface area contributed by atoms with Crippen LogP contribution in [0.5, 0.6) is 5.75 Å². The molecule has 6 nitrogen and oxygen atoms in total. The maximum absolute atomic E-state index is 12.8. The number of rotatable bonds is 7. The molecule has 3 aromatic rings. The van der Waals surface area contributed by atoms with Gasteiger partial charge < -0.3 is 24.8 Å². The Bertz CT molecular complexity index is 1090. The minimum Gasteiger partial charge on any atom is -0.494 e. The van der Waals surface area contributed by atoms with E-state index >= 15 is 0 Å². The number of anilines is 1. The number of likely N-dealkylation sites (tertiary alicyclic amines) is 2. The molecule has 0 atom stereocenters. The van der Waals surface area contributed by atoms with Crippen molar-refractivity contribution in [2.75, 3.05) is 45.1 Å². The van der Waals surface area contributed by atoms with E-state index < -0.39 is 0 Å². The summed E-state index contributed by atoms with van der Waals surface area (Å²) >= 11 is 0. The maximum atomic E-state index is 12.8. The molecule has 33 heavy (non-hydrogen) atoms. The lowest BCUT2D eigenvalue weighted by atomic mass is 10.0. The van der Waals surface area contributed by atoms with Crippen molar-refractivity contribution in [2.45, 2.75) is 38.1 Å². The molecule has 2 aliphatic rings. The Balaban J connectivity index is 1.16. The molecule has 2 aromatic carbocycles. The van der Waals surface area contributed by atoms with Crippen molar-refractivity contribution in [3.63, 3.8) is 0 Å². The number of aromatic nitrogens is 1. The number of carbonyl (C=O) groups excluding carboxylic acids is 1. The van der Waals surface area contributed by atoms with E-state index in [0.717, 1.165) is 51.3 Å². The Morgan fingerprint density at radius 1 is 1.00 bits per heavy atom. The number of hydrogen-bond donors (Lipinski definition) is 1. The van der Waals surface area contributed by atoms with Crippen LogP contribution < -0.4 is 10.5 Å². The van der Waals surface area contributed by atoms with Gasteiger partial charge in [-0.3, -0.25) is 4.79 Å². The molecule has 1 aromatic heterocycles. The lowest BCUT2D eigenvalue weighted by Crippen LogP contribution is -2.39. The molecule has 174 valence electrons. The van der Waals surface area contributed by atoms with Crippen LogP contribution in [0.1, 0.15) is 48.5 Å². The largest absolute Gasteiger partial charge is 0.494 e. The maximum Gasteiger partial charge on any atom is 0.253 e. The number of carbonyl (C=O) groups is 1. The number of amides is 1. The van der Waals surface area contributed by atoms with Gasteiger partial charge in [0.25, 0.3) is 5.91 Å². The van der Waals surface area contributed by atoms with Gasteiger partial charge in [-0.05, 0) is 87.7 Å². The van der Waals surface area contributed by atoms with E-state index in [1.165, 1.54) is 36.8 Å². The summed E-state index contributed by atoms with van der Waals surface area (Å²) in [7, 11) is 0. The third kappa shape index (κ3) is 5.01. The highest BCUT2D eigenvalue weighted by molar-refractivity contribution is 5.95. The van der Waals surface area contributed by atoms with E-state index in [4.69, 9.17) is 10.5 Å². The van der Waals surface area contributed by atoms with Crippen LogP contribution >= 0.6 is 0 Å². The molecule has 3 heterocycles. The summed E-state index contributed by atoms with van der Waals surface area (Å²) in [5, 5.41) is 1.21. The van der Waals surface area contributed by atoms with Crippen molar-refractivity contribution in [3.8, 4) is 5.75 Å². The van der Waals surface area contributed by atoms with Gasteiger partial charge in [0.05, 0.1) is 6.61 Å². The lowest BCUT2D eigenvalue weighted by Gasteiger charge is -2.33. The second-order valence-corrected chi connectivity index (χ2v) is 9.34. The number of nitrogen functional groups attached to an aromatic ring is 1. The smallest absolute Gasteiger partial charge is 0.253 e. The number of nitrogens with zero attached hydrogens (tertiary/aromatic N) is 3. The van der Waals surface area contributed by atoms with E-state index in [2.05, 4.69) is 39.9 Å². The summed E-state index contributed by atoms with van der Waals surface area (Å²) in [5.41, 5.74) is 8.39. The fraction of sp³-hybridized carbons (Fsp3) is 0.444. The Labute approximate surface area is 195 Å². The van der Waals surface area contributed by atoms with Crippen LogP contribution in [-0.4, -0.2) is 59.6 Å². The van der Waals surface area contributed by atoms with E-state index in [9.17, 15) is 4.79 Å². The van der Waals surface area contributed by atoms with Gasteiger partial charge in [0.15, 0.2) is 0 Å². The minimum absolute atomic E-state index is 0.0737. The average molecular weight is 447 g/mol. The topological polar surface area (TPSA) is 63.7 Å². The molecule has 2 N–H and O–H groups in total. The van der Waals surface area contributed by atoms with Crippen molar-refractivity contribution >= 4 is 22.5 Å².